The number of carbonyl (C=O) groups is 1. The number of amides is 1. The summed E-state index contributed by atoms with van der Waals surface area (Å²) in [4.78, 5) is 18.2. The first kappa shape index (κ1) is 14.1. The topological polar surface area (TPSA) is 50.2 Å². The summed E-state index contributed by atoms with van der Waals surface area (Å²) in [7, 11) is 0. The summed E-state index contributed by atoms with van der Waals surface area (Å²) in [5, 5.41) is 3.38. The zero-order chi connectivity index (χ0) is 13.7. The predicted molar refractivity (Wildman–Crippen MR) is 74.6 cm³/mol. The van der Waals surface area contributed by atoms with E-state index in [1.54, 1.807) is 6.33 Å². The van der Waals surface area contributed by atoms with Crippen molar-refractivity contribution in [1.82, 2.24) is 19.8 Å². The van der Waals surface area contributed by atoms with Gasteiger partial charge in [-0.05, 0) is 25.3 Å². The second-order valence-corrected chi connectivity index (χ2v) is 5.63. The summed E-state index contributed by atoms with van der Waals surface area (Å²) in [6.45, 7) is 8.35. The Hall–Kier alpha value is -1.36. The quantitative estimate of drug-likeness (QED) is 0.841. The molecule has 1 amide bonds. The molecule has 1 aromatic heterocycles. The largest absolute Gasteiger partial charge is 0.341 e. The van der Waals surface area contributed by atoms with Crippen LogP contribution in [-0.2, 0) is 17.9 Å². The summed E-state index contributed by atoms with van der Waals surface area (Å²) in [5.41, 5.74) is 1.08. The van der Waals surface area contributed by atoms with Crippen LogP contribution in [0.1, 0.15) is 32.4 Å². The van der Waals surface area contributed by atoms with Gasteiger partial charge in [-0.15, -0.1) is 0 Å². The zero-order valence-electron chi connectivity index (χ0n) is 11.9. The average Bonchev–Trinajstić information content (AvgIpc) is 3.00. The van der Waals surface area contributed by atoms with Crippen LogP contribution in [0.15, 0.2) is 12.5 Å². The van der Waals surface area contributed by atoms with E-state index in [0.717, 1.165) is 44.7 Å². The molecule has 2 heterocycles. The SMILES string of the molecule is CC(C)CNCc1cncn1CC(=O)N1CCCC1. The summed E-state index contributed by atoms with van der Waals surface area (Å²) in [6.07, 6.45) is 5.86. The van der Waals surface area contributed by atoms with Crippen molar-refractivity contribution in [3.8, 4) is 0 Å². The van der Waals surface area contributed by atoms with E-state index in [9.17, 15) is 4.79 Å². The maximum absolute atomic E-state index is 12.1. The molecule has 0 bridgehead atoms. The third-order valence-corrected chi connectivity index (χ3v) is 3.42. The van der Waals surface area contributed by atoms with Gasteiger partial charge in [-0.25, -0.2) is 4.98 Å². The maximum Gasteiger partial charge on any atom is 0.242 e. The Morgan fingerprint density at radius 1 is 1.42 bits per heavy atom. The van der Waals surface area contributed by atoms with E-state index in [1.165, 1.54) is 0 Å². The number of likely N-dealkylation sites (tertiary alicyclic amines) is 1. The summed E-state index contributed by atoms with van der Waals surface area (Å²) >= 11 is 0. The molecular formula is C14H24N4O. The molecule has 106 valence electrons. The first-order valence-corrected chi connectivity index (χ1v) is 7.14. The van der Waals surface area contributed by atoms with Crippen LogP contribution < -0.4 is 5.32 Å². The Kier molecular flexibility index (Phi) is 4.96. The monoisotopic (exact) mass is 264 g/mol. The Bertz CT molecular complexity index is 407. The molecule has 2 rings (SSSR count). The minimum absolute atomic E-state index is 0.209. The molecule has 1 aliphatic rings. The smallest absolute Gasteiger partial charge is 0.242 e. The van der Waals surface area contributed by atoms with Crippen LogP contribution in [-0.4, -0.2) is 40.0 Å². The zero-order valence-corrected chi connectivity index (χ0v) is 11.9. The van der Waals surface area contributed by atoms with Crippen molar-refractivity contribution in [2.45, 2.75) is 39.8 Å². The molecule has 5 nitrogen and oxygen atoms in total. The van der Waals surface area contributed by atoms with E-state index in [-0.39, 0.29) is 5.91 Å². The van der Waals surface area contributed by atoms with E-state index in [0.29, 0.717) is 12.5 Å². The highest BCUT2D eigenvalue weighted by Crippen LogP contribution is 2.09. The van der Waals surface area contributed by atoms with Gasteiger partial charge in [0, 0.05) is 25.8 Å². The van der Waals surface area contributed by atoms with Crippen molar-refractivity contribution in [3.05, 3.63) is 18.2 Å². The fourth-order valence-electron chi connectivity index (χ4n) is 2.34. The molecule has 1 fully saturated rings. The molecule has 0 unspecified atom stereocenters. The number of rotatable bonds is 6. The van der Waals surface area contributed by atoms with Gasteiger partial charge in [0.2, 0.25) is 5.91 Å². The first-order valence-electron chi connectivity index (χ1n) is 7.14. The van der Waals surface area contributed by atoms with E-state index >= 15 is 0 Å². The van der Waals surface area contributed by atoms with Gasteiger partial charge in [0.05, 0.1) is 12.0 Å². The summed E-state index contributed by atoms with van der Waals surface area (Å²) < 4.78 is 1.95. The molecule has 0 aromatic carbocycles. The van der Waals surface area contributed by atoms with Crippen molar-refractivity contribution >= 4 is 5.91 Å². The number of aromatic nitrogens is 2. The highest BCUT2D eigenvalue weighted by atomic mass is 16.2. The Morgan fingerprint density at radius 2 is 2.16 bits per heavy atom. The molecule has 1 aromatic rings. The lowest BCUT2D eigenvalue weighted by molar-refractivity contribution is -0.130. The lowest BCUT2D eigenvalue weighted by atomic mass is 10.2. The average molecular weight is 264 g/mol. The van der Waals surface area contributed by atoms with E-state index in [2.05, 4.69) is 24.1 Å². The highest BCUT2D eigenvalue weighted by Gasteiger charge is 2.18. The Balaban J connectivity index is 1.86. The Morgan fingerprint density at radius 3 is 2.84 bits per heavy atom. The van der Waals surface area contributed by atoms with Crippen molar-refractivity contribution in [3.63, 3.8) is 0 Å². The van der Waals surface area contributed by atoms with Crippen molar-refractivity contribution in [2.24, 2.45) is 5.92 Å². The summed E-state index contributed by atoms with van der Waals surface area (Å²) in [5.74, 6) is 0.836. The molecule has 1 saturated heterocycles. The van der Waals surface area contributed by atoms with Gasteiger partial charge in [0.25, 0.3) is 0 Å². The number of hydrogen-bond acceptors (Lipinski definition) is 3. The van der Waals surface area contributed by atoms with E-state index in [4.69, 9.17) is 0 Å². The fraction of sp³-hybridized carbons (Fsp3) is 0.714. The van der Waals surface area contributed by atoms with Crippen LogP contribution >= 0.6 is 0 Å². The number of imidazole rings is 1. The van der Waals surface area contributed by atoms with Crippen LogP contribution in [0.3, 0.4) is 0 Å². The third kappa shape index (κ3) is 4.06. The Labute approximate surface area is 115 Å². The second-order valence-electron chi connectivity index (χ2n) is 5.63. The van der Waals surface area contributed by atoms with Crippen molar-refractivity contribution < 1.29 is 4.79 Å². The fourth-order valence-corrected chi connectivity index (χ4v) is 2.34. The van der Waals surface area contributed by atoms with Gasteiger partial charge in [-0.1, -0.05) is 13.8 Å². The summed E-state index contributed by atoms with van der Waals surface area (Å²) in [6, 6.07) is 0. The van der Waals surface area contributed by atoms with E-state index in [1.807, 2.05) is 15.7 Å². The molecule has 0 atom stereocenters. The van der Waals surface area contributed by atoms with Gasteiger partial charge >= 0.3 is 0 Å². The number of hydrogen-bond donors (Lipinski definition) is 1. The van der Waals surface area contributed by atoms with Crippen molar-refractivity contribution in [1.29, 1.82) is 0 Å². The predicted octanol–water partition coefficient (Wildman–Crippen LogP) is 1.25. The molecule has 1 aliphatic heterocycles. The number of carbonyl (C=O) groups excluding carboxylic acids is 1. The third-order valence-electron chi connectivity index (χ3n) is 3.42. The molecule has 0 spiro atoms. The number of nitrogens with zero attached hydrogens (tertiary/aromatic N) is 3. The van der Waals surface area contributed by atoms with Crippen LogP contribution in [0.2, 0.25) is 0 Å². The lowest BCUT2D eigenvalue weighted by Crippen LogP contribution is -2.31. The normalized spacial score (nSPS) is 15.4. The van der Waals surface area contributed by atoms with Crippen molar-refractivity contribution in [2.75, 3.05) is 19.6 Å². The molecule has 0 saturated carbocycles. The minimum atomic E-state index is 0.209. The van der Waals surface area contributed by atoms with Crippen LogP contribution in [0.5, 0.6) is 0 Å². The molecule has 19 heavy (non-hydrogen) atoms. The molecule has 0 aliphatic carbocycles. The lowest BCUT2D eigenvalue weighted by Gasteiger charge is -2.16. The van der Waals surface area contributed by atoms with E-state index < -0.39 is 0 Å². The van der Waals surface area contributed by atoms with Crippen LogP contribution in [0, 0.1) is 5.92 Å². The molecular weight excluding hydrogens is 240 g/mol. The van der Waals surface area contributed by atoms with Gasteiger partial charge in [0.15, 0.2) is 0 Å². The second kappa shape index (κ2) is 6.70. The standard InChI is InChI=1S/C14H24N4O/c1-12(2)7-15-8-13-9-16-11-18(13)10-14(19)17-5-3-4-6-17/h9,11-12,15H,3-8,10H2,1-2H3. The van der Waals surface area contributed by atoms with Gasteiger partial charge in [-0.3, -0.25) is 4.79 Å². The number of nitrogens with one attached hydrogen (secondary N) is 1. The van der Waals surface area contributed by atoms with Gasteiger partial charge < -0.3 is 14.8 Å². The van der Waals surface area contributed by atoms with Crippen LogP contribution in [0.4, 0.5) is 0 Å². The maximum atomic E-state index is 12.1. The van der Waals surface area contributed by atoms with Gasteiger partial charge in [0.1, 0.15) is 6.54 Å². The molecule has 5 heteroatoms. The molecule has 1 N–H and O–H groups in total. The van der Waals surface area contributed by atoms with Gasteiger partial charge in [-0.2, -0.15) is 0 Å². The molecule has 0 radical (unpaired) electrons. The first-order chi connectivity index (χ1) is 9.16. The van der Waals surface area contributed by atoms with Crippen LogP contribution in [0.25, 0.3) is 0 Å². The highest BCUT2D eigenvalue weighted by molar-refractivity contribution is 5.76. The minimum Gasteiger partial charge on any atom is -0.341 e.